The molecule has 0 bridgehead atoms. The molecule has 10 heteroatoms. The SMILES string of the molecule is N#Cc1c(N)nc2sc(C(=O)Nc3ccc(Cl)cn3)c(N)c2c1-c1ccco1. The maximum absolute atomic E-state index is 12.7. The number of pyridine rings is 2. The molecule has 1 amide bonds. The number of hydrogen-bond donors (Lipinski definition) is 3. The Bertz CT molecular complexity index is 1240. The van der Waals surface area contributed by atoms with Crippen molar-refractivity contribution >= 4 is 56.4 Å². The third-order valence-corrected chi connectivity index (χ3v) is 5.28. The molecule has 0 aromatic carbocycles. The molecule has 0 spiro atoms. The Morgan fingerprint density at radius 2 is 2.14 bits per heavy atom. The summed E-state index contributed by atoms with van der Waals surface area (Å²) in [4.78, 5) is 21.6. The summed E-state index contributed by atoms with van der Waals surface area (Å²) in [6, 6.07) is 8.58. The van der Waals surface area contributed by atoms with Crippen LogP contribution in [0, 0.1) is 11.3 Å². The van der Waals surface area contributed by atoms with Crippen LogP contribution in [0.5, 0.6) is 0 Å². The van der Waals surface area contributed by atoms with Gasteiger partial charge in [-0.05, 0) is 24.3 Å². The lowest BCUT2D eigenvalue weighted by Gasteiger charge is -2.07. The number of halogens is 1. The molecule has 138 valence electrons. The van der Waals surface area contributed by atoms with Crippen LogP contribution in [0.3, 0.4) is 0 Å². The first-order valence-corrected chi connectivity index (χ1v) is 9.07. The molecule has 4 rings (SSSR count). The first-order chi connectivity index (χ1) is 13.5. The van der Waals surface area contributed by atoms with E-state index in [1.807, 2.05) is 6.07 Å². The van der Waals surface area contributed by atoms with Gasteiger partial charge in [-0.2, -0.15) is 5.26 Å². The molecule has 0 saturated carbocycles. The lowest BCUT2D eigenvalue weighted by Crippen LogP contribution is -2.12. The Morgan fingerprint density at radius 1 is 1.32 bits per heavy atom. The van der Waals surface area contributed by atoms with Crippen LogP contribution in [0.15, 0.2) is 41.1 Å². The number of nitrogens with two attached hydrogens (primary N) is 2. The normalized spacial score (nSPS) is 10.7. The summed E-state index contributed by atoms with van der Waals surface area (Å²) in [5.74, 6) is 0.306. The number of carbonyl (C=O) groups is 1. The predicted molar refractivity (Wildman–Crippen MR) is 108 cm³/mol. The van der Waals surface area contributed by atoms with Crippen LogP contribution in [0.4, 0.5) is 17.3 Å². The van der Waals surface area contributed by atoms with Crippen molar-refractivity contribution in [2.75, 3.05) is 16.8 Å². The van der Waals surface area contributed by atoms with Crippen LogP contribution in [0.1, 0.15) is 15.2 Å². The van der Waals surface area contributed by atoms with Crippen molar-refractivity contribution in [1.82, 2.24) is 9.97 Å². The Morgan fingerprint density at radius 3 is 2.79 bits per heavy atom. The monoisotopic (exact) mass is 410 g/mol. The van der Waals surface area contributed by atoms with E-state index in [9.17, 15) is 10.1 Å². The summed E-state index contributed by atoms with van der Waals surface area (Å²) in [6.07, 6.45) is 2.89. The summed E-state index contributed by atoms with van der Waals surface area (Å²) < 4.78 is 5.45. The van der Waals surface area contributed by atoms with Gasteiger partial charge in [0.05, 0.1) is 22.5 Å². The number of nitrogens with zero attached hydrogens (tertiary/aromatic N) is 3. The van der Waals surface area contributed by atoms with Crippen molar-refractivity contribution < 1.29 is 9.21 Å². The van der Waals surface area contributed by atoms with Gasteiger partial charge in [0.25, 0.3) is 5.91 Å². The smallest absolute Gasteiger partial charge is 0.269 e. The van der Waals surface area contributed by atoms with E-state index in [1.165, 1.54) is 12.5 Å². The minimum absolute atomic E-state index is 0.0361. The van der Waals surface area contributed by atoms with E-state index in [0.717, 1.165) is 11.3 Å². The van der Waals surface area contributed by atoms with Crippen molar-refractivity contribution in [2.45, 2.75) is 0 Å². The van der Waals surface area contributed by atoms with Crippen LogP contribution in [-0.2, 0) is 0 Å². The molecule has 5 N–H and O–H groups in total. The van der Waals surface area contributed by atoms with E-state index in [1.54, 1.807) is 24.3 Å². The van der Waals surface area contributed by atoms with Gasteiger partial charge in [0.1, 0.15) is 38.7 Å². The second-order valence-corrected chi connectivity index (χ2v) is 7.11. The number of nitrogens with one attached hydrogen (secondary N) is 1. The molecule has 0 atom stereocenters. The van der Waals surface area contributed by atoms with Crippen LogP contribution < -0.4 is 16.8 Å². The average Bonchev–Trinajstić information content (AvgIpc) is 3.31. The molecule has 0 aliphatic heterocycles. The zero-order chi connectivity index (χ0) is 19.8. The molecule has 28 heavy (non-hydrogen) atoms. The van der Waals surface area contributed by atoms with Gasteiger partial charge in [-0.15, -0.1) is 11.3 Å². The van der Waals surface area contributed by atoms with Gasteiger partial charge in [0.2, 0.25) is 0 Å². The maximum atomic E-state index is 12.7. The lowest BCUT2D eigenvalue weighted by atomic mass is 10.0. The molecule has 0 aliphatic rings. The molecule has 0 saturated heterocycles. The van der Waals surface area contributed by atoms with E-state index in [-0.39, 0.29) is 21.9 Å². The first kappa shape index (κ1) is 17.8. The molecule has 4 aromatic heterocycles. The average molecular weight is 411 g/mol. The third kappa shape index (κ3) is 2.90. The third-order valence-electron chi connectivity index (χ3n) is 3.96. The lowest BCUT2D eigenvalue weighted by molar-refractivity contribution is 0.103. The highest BCUT2D eigenvalue weighted by atomic mass is 35.5. The van der Waals surface area contributed by atoms with E-state index >= 15 is 0 Å². The maximum Gasteiger partial charge on any atom is 0.269 e. The van der Waals surface area contributed by atoms with Crippen molar-refractivity contribution in [3.8, 4) is 17.4 Å². The van der Waals surface area contributed by atoms with Crippen molar-refractivity contribution in [2.24, 2.45) is 0 Å². The molecule has 0 fully saturated rings. The fourth-order valence-corrected chi connectivity index (χ4v) is 3.86. The minimum atomic E-state index is -0.460. The van der Waals surface area contributed by atoms with Gasteiger partial charge in [0.15, 0.2) is 0 Å². The number of furan rings is 1. The van der Waals surface area contributed by atoms with Gasteiger partial charge in [-0.1, -0.05) is 11.6 Å². The van der Waals surface area contributed by atoms with Crippen molar-refractivity contribution in [3.05, 3.63) is 52.2 Å². The second kappa shape index (κ2) is 6.84. The summed E-state index contributed by atoms with van der Waals surface area (Å²) >= 11 is 6.87. The molecule has 0 radical (unpaired) electrons. The number of nitrogen functional groups attached to an aromatic ring is 2. The number of nitriles is 1. The van der Waals surface area contributed by atoms with Gasteiger partial charge in [-0.3, -0.25) is 4.79 Å². The molecule has 0 aliphatic carbocycles. The van der Waals surface area contributed by atoms with E-state index in [2.05, 4.69) is 15.3 Å². The van der Waals surface area contributed by atoms with Gasteiger partial charge < -0.3 is 21.2 Å². The number of amides is 1. The molecule has 4 aromatic rings. The number of aromatic nitrogens is 2. The van der Waals surface area contributed by atoms with Crippen molar-refractivity contribution in [3.63, 3.8) is 0 Å². The molecule has 8 nitrogen and oxygen atoms in total. The standard InChI is InChI=1S/C18H11ClN6O2S/c19-8-3-4-11(23-7-8)24-17(26)15-14(21)13-12(10-2-1-5-27-10)9(6-20)16(22)25-18(13)28-15/h1-5,7H,21H2,(H2,22,25)(H,23,24,26). The summed E-state index contributed by atoms with van der Waals surface area (Å²) in [6.45, 7) is 0. The van der Waals surface area contributed by atoms with Crippen LogP contribution in [-0.4, -0.2) is 15.9 Å². The Hall–Kier alpha value is -3.61. The topological polar surface area (TPSA) is 144 Å². The number of carbonyl (C=O) groups excluding carboxylic acids is 1. The van der Waals surface area contributed by atoms with Crippen LogP contribution in [0.25, 0.3) is 21.5 Å². The molecule has 4 heterocycles. The first-order valence-electron chi connectivity index (χ1n) is 7.88. The Labute approximate surface area is 167 Å². The highest BCUT2D eigenvalue weighted by Crippen LogP contribution is 2.42. The predicted octanol–water partition coefficient (Wildman–Crippen LogP) is 3.89. The summed E-state index contributed by atoms with van der Waals surface area (Å²) in [7, 11) is 0. The number of hydrogen-bond acceptors (Lipinski definition) is 8. The van der Waals surface area contributed by atoms with E-state index in [0.29, 0.717) is 32.4 Å². The number of anilines is 3. The Kier molecular flexibility index (Phi) is 4.35. The van der Waals surface area contributed by atoms with Crippen LogP contribution >= 0.6 is 22.9 Å². The number of thiophene rings is 1. The summed E-state index contributed by atoms with van der Waals surface area (Å²) in [5.41, 5.74) is 12.9. The second-order valence-electron chi connectivity index (χ2n) is 5.68. The van der Waals surface area contributed by atoms with E-state index < -0.39 is 5.91 Å². The fraction of sp³-hybridized carbons (Fsp3) is 0. The molecule has 0 unspecified atom stereocenters. The number of rotatable bonds is 3. The molecular weight excluding hydrogens is 400 g/mol. The van der Waals surface area contributed by atoms with Crippen molar-refractivity contribution in [1.29, 1.82) is 5.26 Å². The fourth-order valence-electron chi connectivity index (χ4n) is 2.74. The summed E-state index contributed by atoms with van der Waals surface area (Å²) in [5, 5.41) is 13.1. The minimum Gasteiger partial charge on any atom is -0.464 e. The zero-order valence-electron chi connectivity index (χ0n) is 14.1. The zero-order valence-corrected chi connectivity index (χ0v) is 15.6. The highest BCUT2D eigenvalue weighted by molar-refractivity contribution is 7.21. The van der Waals surface area contributed by atoms with E-state index in [4.69, 9.17) is 27.5 Å². The van der Waals surface area contributed by atoms with Crippen LogP contribution in [0.2, 0.25) is 5.02 Å². The quantitative estimate of drug-likeness (QED) is 0.464. The highest BCUT2D eigenvalue weighted by Gasteiger charge is 2.25. The molecular formula is C18H11ClN6O2S. The van der Waals surface area contributed by atoms with Gasteiger partial charge in [-0.25, -0.2) is 9.97 Å². The van der Waals surface area contributed by atoms with Gasteiger partial charge >= 0.3 is 0 Å². The Balaban J connectivity index is 1.87. The number of fused-ring (bicyclic) bond motifs is 1. The van der Waals surface area contributed by atoms with Gasteiger partial charge in [0, 0.05) is 11.6 Å². The largest absolute Gasteiger partial charge is 0.464 e.